The van der Waals surface area contributed by atoms with Crippen molar-refractivity contribution in [2.75, 3.05) is 5.32 Å². The van der Waals surface area contributed by atoms with Crippen LogP contribution in [0.2, 0.25) is 0 Å². The maximum atomic E-state index is 11.9. The molecule has 0 unspecified atom stereocenters. The van der Waals surface area contributed by atoms with Gasteiger partial charge in [0.2, 0.25) is 5.91 Å². The summed E-state index contributed by atoms with van der Waals surface area (Å²) in [5, 5.41) is 12.2. The Balaban J connectivity index is 2.05. The van der Waals surface area contributed by atoms with Gasteiger partial charge >= 0.3 is 0 Å². The molecule has 0 saturated carbocycles. The number of halogens is 1. The Morgan fingerprint density at radius 1 is 1.26 bits per heavy atom. The van der Waals surface area contributed by atoms with Crippen LogP contribution in [-0.4, -0.2) is 11.0 Å². The van der Waals surface area contributed by atoms with Crippen LogP contribution in [0.15, 0.2) is 46.9 Å². The lowest BCUT2D eigenvalue weighted by atomic mass is 10.1. The number of carbonyl (C=O) groups is 1. The molecule has 4 heteroatoms. The molecule has 1 amide bonds. The molecular formula is C15H14BrNO2. The number of hydrogen-bond donors (Lipinski definition) is 2. The first kappa shape index (κ1) is 13.6. The molecular weight excluding hydrogens is 306 g/mol. The summed E-state index contributed by atoms with van der Waals surface area (Å²) in [5.74, 6) is 0.120. The summed E-state index contributed by atoms with van der Waals surface area (Å²) < 4.78 is 0.957. The average Bonchev–Trinajstić information content (AvgIpc) is 2.33. The normalized spacial score (nSPS) is 10.2. The largest absolute Gasteiger partial charge is 0.508 e. The van der Waals surface area contributed by atoms with E-state index >= 15 is 0 Å². The number of carbonyl (C=O) groups excluding carboxylic acids is 1. The van der Waals surface area contributed by atoms with Crippen LogP contribution >= 0.6 is 15.9 Å². The minimum absolute atomic E-state index is 0.0770. The number of rotatable bonds is 3. The van der Waals surface area contributed by atoms with Gasteiger partial charge in [0, 0.05) is 10.2 Å². The fourth-order valence-electron chi connectivity index (χ4n) is 1.81. The zero-order valence-electron chi connectivity index (χ0n) is 10.5. The molecule has 0 fully saturated rings. The van der Waals surface area contributed by atoms with Crippen molar-refractivity contribution in [1.82, 2.24) is 0 Å². The summed E-state index contributed by atoms with van der Waals surface area (Å²) in [6.45, 7) is 1.84. The predicted octanol–water partition coefficient (Wildman–Crippen LogP) is 3.64. The highest BCUT2D eigenvalue weighted by Gasteiger charge is 2.06. The molecule has 0 spiro atoms. The third-order valence-electron chi connectivity index (χ3n) is 2.74. The average molecular weight is 320 g/mol. The number of hydrogen-bond acceptors (Lipinski definition) is 2. The number of phenolic OH excluding ortho intramolecular Hbond substituents is 1. The van der Waals surface area contributed by atoms with E-state index in [0.29, 0.717) is 6.42 Å². The maximum Gasteiger partial charge on any atom is 0.228 e. The minimum Gasteiger partial charge on any atom is -0.508 e. The van der Waals surface area contributed by atoms with E-state index < -0.39 is 0 Å². The smallest absolute Gasteiger partial charge is 0.228 e. The van der Waals surface area contributed by atoms with Gasteiger partial charge in [0.25, 0.3) is 0 Å². The Bertz CT molecular complexity index is 611. The molecule has 2 aromatic carbocycles. The van der Waals surface area contributed by atoms with Gasteiger partial charge in [-0.2, -0.15) is 0 Å². The summed E-state index contributed by atoms with van der Waals surface area (Å²) >= 11 is 3.38. The van der Waals surface area contributed by atoms with E-state index in [4.69, 9.17) is 0 Å². The van der Waals surface area contributed by atoms with E-state index in [-0.39, 0.29) is 11.7 Å². The Morgan fingerprint density at radius 3 is 2.74 bits per heavy atom. The van der Waals surface area contributed by atoms with Gasteiger partial charge in [0.15, 0.2) is 0 Å². The lowest BCUT2D eigenvalue weighted by Gasteiger charge is -2.09. The topological polar surface area (TPSA) is 49.3 Å². The SMILES string of the molecule is Cc1cc(O)ccc1NC(=O)Cc1cccc(Br)c1. The van der Waals surface area contributed by atoms with Gasteiger partial charge in [0.1, 0.15) is 5.75 Å². The van der Waals surface area contributed by atoms with Crippen molar-refractivity contribution in [2.45, 2.75) is 13.3 Å². The second-order valence-corrected chi connectivity index (χ2v) is 5.27. The van der Waals surface area contributed by atoms with E-state index in [1.807, 2.05) is 31.2 Å². The first-order chi connectivity index (χ1) is 9.04. The molecule has 0 aliphatic carbocycles. The Morgan fingerprint density at radius 2 is 2.05 bits per heavy atom. The molecule has 0 bridgehead atoms. The molecule has 0 saturated heterocycles. The molecule has 0 aromatic heterocycles. The van der Waals surface area contributed by atoms with Crippen LogP contribution in [0.4, 0.5) is 5.69 Å². The lowest BCUT2D eigenvalue weighted by molar-refractivity contribution is -0.115. The number of amides is 1. The van der Waals surface area contributed by atoms with Crippen LogP contribution in [0.3, 0.4) is 0 Å². The van der Waals surface area contributed by atoms with Gasteiger partial charge in [-0.25, -0.2) is 0 Å². The number of benzene rings is 2. The summed E-state index contributed by atoms with van der Waals surface area (Å²) in [4.78, 5) is 11.9. The molecule has 2 N–H and O–H groups in total. The molecule has 3 nitrogen and oxygen atoms in total. The zero-order valence-corrected chi connectivity index (χ0v) is 12.1. The number of aromatic hydroxyl groups is 1. The summed E-state index contributed by atoms with van der Waals surface area (Å²) in [6, 6.07) is 12.5. The summed E-state index contributed by atoms with van der Waals surface area (Å²) in [7, 11) is 0. The quantitative estimate of drug-likeness (QED) is 0.848. The van der Waals surface area contributed by atoms with E-state index in [0.717, 1.165) is 21.3 Å². The second-order valence-electron chi connectivity index (χ2n) is 4.35. The van der Waals surface area contributed by atoms with E-state index in [1.54, 1.807) is 18.2 Å². The third-order valence-corrected chi connectivity index (χ3v) is 3.23. The van der Waals surface area contributed by atoms with E-state index in [2.05, 4.69) is 21.2 Å². The van der Waals surface area contributed by atoms with Crippen molar-refractivity contribution in [2.24, 2.45) is 0 Å². The summed E-state index contributed by atoms with van der Waals surface area (Å²) in [6.07, 6.45) is 0.319. The van der Waals surface area contributed by atoms with Crippen molar-refractivity contribution < 1.29 is 9.90 Å². The zero-order chi connectivity index (χ0) is 13.8. The van der Waals surface area contributed by atoms with Crippen molar-refractivity contribution in [3.05, 3.63) is 58.1 Å². The highest BCUT2D eigenvalue weighted by atomic mass is 79.9. The molecule has 0 aliphatic rings. The van der Waals surface area contributed by atoms with E-state index in [1.165, 1.54) is 0 Å². The molecule has 2 aromatic rings. The lowest BCUT2D eigenvalue weighted by Crippen LogP contribution is -2.15. The van der Waals surface area contributed by atoms with Crippen molar-refractivity contribution in [3.63, 3.8) is 0 Å². The number of anilines is 1. The van der Waals surface area contributed by atoms with Gasteiger partial charge in [-0.15, -0.1) is 0 Å². The van der Waals surface area contributed by atoms with Crippen LogP contribution in [0.25, 0.3) is 0 Å². The second kappa shape index (κ2) is 5.89. The van der Waals surface area contributed by atoms with Gasteiger partial charge in [-0.1, -0.05) is 28.1 Å². The Hall–Kier alpha value is -1.81. The maximum absolute atomic E-state index is 11.9. The summed E-state index contributed by atoms with van der Waals surface area (Å²) in [5.41, 5.74) is 2.50. The number of nitrogens with one attached hydrogen (secondary N) is 1. The molecule has 2 rings (SSSR count). The van der Waals surface area contributed by atoms with Crippen molar-refractivity contribution in [3.8, 4) is 5.75 Å². The predicted molar refractivity (Wildman–Crippen MR) is 79.3 cm³/mol. The number of phenols is 1. The van der Waals surface area contributed by atoms with E-state index in [9.17, 15) is 9.90 Å². The molecule has 0 aliphatic heterocycles. The first-order valence-electron chi connectivity index (χ1n) is 5.88. The van der Waals surface area contributed by atoms with Crippen LogP contribution in [-0.2, 0) is 11.2 Å². The Kier molecular flexibility index (Phi) is 4.22. The highest BCUT2D eigenvalue weighted by Crippen LogP contribution is 2.20. The van der Waals surface area contributed by atoms with Crippen molar-refractivity contribution in [1.29, 1.82) is 0 Å². The standard InChI is InChI=1S/C15H14BrNO2/c1-10-7-13(18)5-6-14(10)17-15(19)9-11-3-2-4-12(16)8-11/h2-8,18H,9H2,1H3,(H,17,19). The highest BCUT2D eigenvalue weighted by molar-refractivity contribution is 9.10. The van der Waals surface area contributed by atoms with Crippen LogP contribution < -0.4 is 5.32 Å². The molecule has 19 heavy (non-hydrogen) atoms. The molecule has 0 radical (unpaired) electrons. The molecule has 98 valence electrons. The monoisotopic (exact) mass is 319 g/mol. The van der Waals surface area contributed by atoms with Crippen LogP contribution in [0, 0.1) is 6.92 Å². The van der Waals surface area contributed by atoms with Gasteiger partial charge in [-0.05, 0) is 48.4 Å². The van der Waals surface area contributed by atoms with Gasteiger partial charge in [-0.3, -0.25) is 4.79 Å². The first-order valence-corrected chi connectivity index (χ1v) is 6.68. The van der Waals surface area contributed by atoms with Crippen LogP contribution in [0.1, 0.15) is 11.1 Å². The minimum atomic E-state index is -0.0770. The molecule has 0 heterocycles. The number of aryl methyl sites for hydroxylation is 1. The third kappa shape index (κ3) is 3.83. The van der Waals surface area contributed by atoms with Gasteiger partial charge in [0.05, 0.1) is 6.42 Å². The van der Waals surface area contributed by atoms with Crippen molar-refractivity contribution >= 4 is 27.5 Å². The fourth-order valence-corrected chi connectivity index (χ4v) is 2.26. The van der Waals surface area contributed by atoms with Gasteiger partial charge < -0.3 is 10.4 Å². The Labute approximate surface area is 120 Å². The molecule has 0 atom stereocenters. The fraction of sp³-hybridized carbons (Fsp3) is 0.133. The van der Waals surface area contributed by atoms with Crippen LogP contribution in [0.5, 0.6) is 5.75 Å².